The minimum absolute atomic E-state index is 0.316. The second kappa shape index (κ2) is 9.24. The number of thiophene rings is 1. The first-order valence-corrected chi connectivity index (χ1v) is 10.7. The fraction of sp³-hybridized carbons (Fsp3) is 0.368. The number of methoxy groups -OCH3 is 1. The molecule has 4 nitrogen and oxygen atoms in total. The Kier molecular flexibility index (Phi) is 6.98. The molecule has 0 aliphatic heterocycles. The van der Waals surface area contributed by atoms with Crippen LogP contribution in [0.5, 0.6) is 0 Å². The first kappa shape index (κ1) is 20.4. The molecule has 3 rings (SSSR count). The maximum atomic E-state index is 12.4. The van der Waals surface area contributed by atoms with Gasteiger partial charge in [-0.05, 0) is 61.2 Å². The molecule has 1 aromatic carbocycles. The van der Waals surface area contributed by atoms with Gasteiger partial charge in [0.15, 0.2) is 5.11 Å². The summed E-state index contributed by atoms with van der Waals surface area (Å²) in [5.41, 5.74) is 2.70. The number of aryl methyl sites for hydroxylation is 1. The van der Waals surface area contributed by atoms with Gasteiger partial charge < -0.3 is 15.4 Å². The highest BCUT2D eigenvalue weighted by Gasteiger charge is 2.25. The lowest BCUT2D eigenvalue weighted by molar-refractivity contribution is 0.0601. The highest BCUT2D eigenvalue weighted by atomic mass is 35.5. The Morgan fingerprint density at radius 1 is 1.22 bits per heavy atom. The van der Waals surface area contributed by atoms with Crippen LogP contribution >= 0.6 is 46.8 Å². The second-order valence-corrected chi connectivity index (χ2v) is 8.64. The molecule has 0 saturated carbocycles. The summed E-state index contributed by atoms with van der Waals surface area (Å²) in [6, 6.07) is 5.44. The van der Waals surface area contributed by atoms with Gasteiger partial charge in [0, 0.05) is 11.4 Å². The third kappa shape index (κ3) is 4.93. The van der Waals surface area contributed by atoms with Crippen LogP contribution in [-0.2, 0) is 24.1 Å². The van der Waals surface area contributed by atoms with Crippen molar-refractivity contribution in [3.05, 3.63) is 49.8 Å². The van der Waals surface area contributed by atoms with E-state index < -0.39 is 0 Å². The number of anilines is 1. The number of carbonyl (C=O) groups is 1. The van der Waals surface area contributed by atoms with Crippen molar-refractivity contribution in [2.45, 2.75) is 38.6 Å². The molecule has 0 unspecified atom stereocenters. The maximum absolute atomic E-state index is 12.4. The molecule has 0 spiro atoms. The zero-order chi connectivity index (χ0) is 19.4. The fourth-order valence-corrected chi connectivity index (χ4v) is 4.97. The van der Waals surface area contributed by atoms with Crippen LogP contribution < -0.4 is 10.6 Å². The van der Waals surface area contributed by atoms with Gasteiger partial charge in [-0.2, -0.15) is 0 Å². The highest BCUT2D eigenvalue weighted by molar-refractivity contribution is 7.80. The van der Waals surface area contributed by atoms with Gasteiger partial charge in [-0.25, -0.2) is 4.79 Å². The molecule has 0 atom stereocenters. The van der Waals surface area contributed by atoms with Gasteiger partial charge in [0.1, 0.15) is 5.00 Å². The van der Waals surface area contributed by atoms with E-state index in [9.17, 15) is 4.79 Å². The van der Waals surface area contributed by atoms with E-state index in [-0.39, 0.29) is 5.97 Å². The lowest BCUT2D eigenvalue weighted by atomic mass is 10.1. The standard InChI is InChI=1S/C19H20Cl2N2O2S2/c1-25-18(24)16-12-5-3-2-4-6-15(12)27-17(16)23-19(26)22-10-11-7-8-13(20)14(21)9-11/h7-9H,2-6,10H2,1H3,(H2,22,23,26). The van der Waals surface area contributed by atoms with E-state index in [1.807, 2.05) is 6.07 Å². The predicted octanol–water partition coefficient (Wildman–Crippen LogP) is 5.60. The predicted molar refractivity (Wildman–Crippen MR) is 116 cm³/mol. The minimum Gasteiger partial charge on any atom is -0.465 e. The van der Waals surface area contributed by atoms with Gasteiger partial charge in [0.25, 0.3) is 0 Å². The number of rotatable bonds is 4. The van der Waals surface area contributed by atoms with E-state index in [0.29, 0.717) is 27.3 Å². The molecule has 0 radical (unpaired) electrons. The largest absolute Gasteiger partial charge is 0.465 e. The normalized spacial score (nSPS) is 13.4. The molecule has 144 valence electrons. The van der Waals surface area contributed by atoms with Crippen LogP contribution in [0, 0.1) is 0 Å². The quantitative estimate of drug-likeness (QED) is 0.366. The summed E-state index contributed by atoms with van der Waals surface area (Å²) in [4.78, 5) is 13.6. The Morgan fingerprint density at radius 2 is 2.00 bits per heavy atom. The smallest absolute Gasteiger partial charge is 0.341 e. The van der Waals surface area contributed by atoms with Crippen molar-refractivity contribution >= 4 is 62.8 Å². The maximum Gasteiger partial charge on any atom is 0.341 e. The molecule has 1 heterocycles. The van der Waals surface area contributed by atoms with Crippen LogP contribution in [0.4, 0.5) is 5.00 Å². The number of nitrogens with one attached hydrogen (secondary N) is 2. The van der Waals surface area contributed by atoms with Gasteiger partial charge in [0.2, 0.25) is 0 Å². The summed E-state index contributed by atoms with van der Waals surface area (Å²) in [5.74, 6) is -0.316. The second-order valence-electron chi connectivity index (χ2n) is 6.32. The van der Waals surface area contributed by atoms with Crippen LogP contribution in [-0.4, -0.2) is 18.2 Å². The summed E-state index contributed by atoms with van der Waals surface area (Å²) in [7, 11) is 1.41. The Labute approximate surface area is 178 Å². The molecule has 1 aliphatic carbocycles. The number of esters is 1. The molecular weight excluding hydrogens is 423 g/mol. The molecule has 0 fully saturated rings. The van der Waals surface area contributed by atoms with Crippen molar-refractivity contribution in [2.75, 3.05) is 12.4 Å². The van der Waals surface area contributed by atoms with Crippen LogP contribution in [0.25, 0.3) is 0 Å². The molecule has 1 aliphatic rings. The number of hydrogen-bond acceptors (Lipinski definition) is 4. The molecule has 8 heteroatoms. The average Bonchev–Trinajstić information content (AvgIpc) is 2.82. The van der Waals surface area contributed by atoms with E-state index in [0.717, 1.165) is 41.8 Å². The molecule has 1 aromatic heterocycles. The Hall–Kier alpha value is -1.34. The van der Waals surface area contributed by atoms with Crippen molar-refractivity contribution in [3.8, 4) is 0 Å². The molecular formula is C19H20Cl2N2O2S2. The Balaban J connectivity index is 1.73. The Bertz CT molecular complexity index is 868. The van der Waals surface area contributed by atoms with Crippen LogP contribution in [0.3, 0.4) is 0 Å². The van der Waals surface area contributed by atoms with Crippen molar-refractivity contribution in [1.82, 2.24) is 5.32 Å². The van der Waals surface area contributed by atoms with Crippen molar-refractivity contribution < 1.29 is 9.53 Å². The van der Waals surface area contributed by atoms with Crippen molar-refractivity contribution in [2.24, 2.45) is 0 Å². The number of hydrogen-bond donors (Lipinski definition) is 2. The summed E-state index contributed by atoms with van der Waals surface area (Å²) in [6.07, 6.45) is 5.33. The van der Waals surface area contributed by atoms with Gasteiger partial charge in [0.05, 0.1) is 22.7 Å². The zero-order valence-electron chi connectivity index (χ0n) is 14.9. The summed E-state index contributed by atoms with van der Waals surface area (Å²) in [6.45, 7) is 0.501. The SMILES string of the molecule is COC(=O)c1c(NC(=S)NCc2ccc(Cl)c(Cl)c2)sc2c1CCCCC2. The number of fused-ring (bicyclic) bond motifs is 1. The molecule has 2 aromatic rings. The average molecular weight is 443 g/mol. The van der Waals surface area contributed by atoms with E-state index in [1.54, 1.807) is 23.5 Å². The van der Waals surface area contributed by atoms with Gasteiger partial charge in [-0.1, -0.05) is 35.7 Å². The minimum atomic E-state index is -0.316. The monoisotopic (exact) mass is 442 g/mol. The molecule has 2 N–H and O–H groups in total. The molecule has 27 heavy (non-hydrogen) atoms. The number of thiocarbonyl (C=S) groups is 1. The third-order valence-electron chi connectivity index (χ3n) is 4.47. The van der Waals surface area contributed by atoms with E-state index in [2.05, 4.69) is 10.6 Å². The van der Waals surface area contributed by atoms with Crippen LogP contribution in [0.2, 0.25) is 10.0 Å². The first-order chi connectivity index (χ1) is 13.0. The molecule has 0 amide bonds. The zero-order valence-corrected chi connectivity index (χ0v) is 18.0. The summed E-state index contributed by atoms with van der Waals surface area (Å²) >= 11 is 19.0. The number of halogens is 2. The lowest BCUT2D eigenvalue weighted by Gasteiger charge is -2.11. The van der Waals surface area contributed by atoms with Crippen molar-refractivity contribution in [3.63, 3.8) is 0 Å². The summed E-state index contributed by atoms with van der Waals surface area (Å²) < 4.78 is 5.01. The number of benzene rings is 1. The first-order valence-electron chi connectivity index (χ1n) is 8.71. The van der Waals surface area contributed by atoms with Gasteiger partial charge in [-0.3, -0.25) is 0 Å². The topological polar surface area (TPSA) is 50.4 Å². The van der Waals surface area contributed by atoms with Crippen LogP contribution in [0.1, 0.15) is 45.6 Å². The van der Waals surface area contributed by atoms with E-state index >= 15 is 0 Å². The van der Waals surface area contributed by atoms with Crippen molar-refractivity contribution in [1.29, 1.82) is 0 Å². The van der Waals surface area contributed by atoms with Gasteiger partial charge >= 0.3 is 5.97 Å². The van der Waals surface area contributed by atoms with E-state index in [4.69, 9.17) is 40.2 Å². The van der Waals surface area contributed by atoms with E-state index in [1.165, 1.54) is 18.4 Å². The van der Waals surface area contributed by atoms with Crippen LogP contribution in [0.15, 0.2) is 18.2 Å². The number of ether oxygens (including phenoxy) is 1. The third-order valence-corrected chi connectivity index (χ3v) is 6.67. The number of carbonyl (C=O) groups excluding carboxylic acids is 1. The highest BCUT2D eigenvalue weighted by Crippen LogP contribution is 2.37. The molecule has 0 saturated heterocycles. The molecule has 0 bridgehead atoms. The lowest BCUT2D eigenvalue weighted by Crippen LogP contribution is -2.28. The Morgan fingerprint density at radius 3 is 2.74 bits per heavy atom. The van der Waals surface area contributed by atoms with Gasteiger partial charge in [-0.15, -0.1) is 11.3 Å². The fourth-order valence-electron chi connectivity index (χ4n) is 3.13. The summed E-state index contributed by atoms with van der Waals surface area (Å²) in [5, 5.41) is 8.54.